The summed E-state index contributed by atoms with van der Waals surface area (Å²) < 4.78 is 22.5. The van der Waals surface area contributed by atoms with Crippen LogP contribution < -0.4 is 24.3 Å². The number of carbonyl (C=O) groups excluding carboxylic acids is 1. The number of aliphatic hydroxyl groups is 1. The third kappa shape index (κ3) is 6.52. The molecule has 2 aromatic carbocycles. The second-order valence-corrected chi connectivity index (χ2v) is 8.33. The number of hydrogen-bond donors (Lipinski definition) is 2. The van der Waals surface area contributed by atoms with Crippen LogP contribution in [0.4, 0.5) is 0 Å². The predicted molar refractivity (Wildman–Crippen MR) is 123 cm³/mol. The minimum Gasteiger partial charge on any atom is -0.497 e. The molecule has 8 nitrogen and oxygen atoms in total. The van der Waals surface area contributed by atoms with Gasteiger partial charge < -0.3 is 34.3 Å². The number of carbonyl (C=O) groups is 1. The smallest absolute Gasteiger partial charge is 0.263 e. The molecule has 0 aromatic heterocycles. The van der Waals surface area contributed by atoms with Crippen molar-refractivity contribution >= 4 is 5.91 Å². The molecule has 2 aliphatic heterocycles. The van der Waals surface area contributed by atoms with Gasteiger partial charge in [0.05, 0.1) is 7.11 Å². The van der Waals surface area contributed by atoms with Crippen LogP contribution in [0.15, 0.2) is 42.5 Å². The van der Waals surface area contributed by atoms with Gasteiger partial charge in [0, 0.05) is 19.4 Å². The van der Waals surface area contributed by atoms with E-state index in [-0.39, 0.29) is 5.91 Å². The Morgan fingerprint density at radius 1 is 1.06 bits per heavy atom. The molecule has 2 aromatic rings. The Morgan fingerprint density at radius 2 is 1.76 bits per heavy atom. The number of rotatable bonds is 10. The number of ether oxygens (including phenoxy) is 4. The number of aliphatic hydroxyl groups excluding tert-OH is 1. The van der Waals surface area contributed by atoms with Crippen molar-refractivity contribution in [2.24, 2.45) is 0 Å². The average Bonchev–Trinajstić information content (AvgIpc) is 3.36. The number of likely N-dealkylation sites (tertiary alicyclic amines) is 1. The summed E-state index contributed by atoms with van der Waals surface area (Å²) in [6, 6.07) is 12.7. The van der Waals surface area contributed by atoms with E-state index in [1.54, 1.807) is 31.4 Å². The van der Waals surface area contributed by atoms with E-state index in [1.165, 1.54) is 12.8 Å². The maximum absolute atomic E-state index is 13.1. The Hall–Kier alpha value is -2.97. The standard InChI is InChI=1S/C25H32N2O6/c1-30-19-5-7-20(8-6-19)33-23(17-18-4-9-21-22(16-18)32-15-14-31-21)25(29)26-24(28)10-13-27-11-2-3-12-27/h4-9,16,23-24,28H,2-3,10-15,17H2,1H3,(H,26,29)/t23?,24-/m1/s1. The van der Waals surface area contributed by atoms with Crippen LogP contribution in [0.2, 0.25) is 0 Å². The molecule has 2 atom stereocenters. The lowest BCUT2D eigenvalue weighted by Crippen LogP contribution is -2.45. The zero-order chi connectivity index (χ0) is 23.0. The first-order valence-electron chi connectivity index (χ1n) is 11.5. The molecule has 1 amide bonds. The van der Waals surface area contributed by atoms with E-state index in [0.717, 1.165) is 25.2 Å². The topological polar surface area (TPSA) is 89.5 Å². The summed E-state index contributed by atoms with van der Waals surface area (Å²) in [7, 11) is 1.59. The van der Waals surface area contributed by atoms with Gasteiger partial charge in [-0.2, -0.15) is 0 Å². The average molecular weight is 457 g/mol. The maximum atomic E-state index is 13.1. The van der Waals surface area contributed by atoms with Gasteiger partial charge in [-0.15, -0.1) is 0 Å². The van der Waals surface area contributed by atoms with Gasteiger partial charge in [0.25, 0.3) is 5.91 Å². The van der Waals surface area contributed by atoms with Crippen molar-refractivity contribution in [3.63, 3.8) is 0 Å². The van der Waals surface area contributed by atoms with Gasteiger partial charge in [0.2, 0.25) is 0 Å². The van der Waals surface area contributed by atoms with Crippen LogP contribution in [0.1, 0.15) is 24.8 Å². The molecule has 0 radical (unpaired) electrons. The number of fused-ring (bicyclic) bond motifs is 1. The van der Waals surface area contributed by atoms with Gasteiger partial charge in [-0.05, 0) is 67.9 Å². The second-order valence-electron chi connectivity index (χ2n) is 8.33. The molecule has 2 heterocycles. The van der Waals surface area contributed by atoms with E-state index in [4.69, 9.17) is 18.9 Å². The Kier molecular flexibility index (Phi) is 7.91. The van der Waals surface area contributed by atoms with Crippen LogP contribution in [0.25, 0.3) is 0 Å². The Balaban J connectivity index is 1.43. The van der Waals surface area contributed by atoms with Crippen LogP contribution in [-0.2, 0) is 11.2 Å². The molecule has 2 N–H and O–H groups in total. The molecule has 33 heavy (non-hydrogen) atoms. The summed E-state index contributed by atoms with van der Waals surface area (Å²) in [5.74, 6) is 2.23. The Morgan fingerprint density at radius 3 is 2.48 bits per heavy atom. The summed E-state index contributed by atoms with van der Waals surface area (Å²) in [5.41, 5.74) is 0.875. The fourth-order valence-electron chi connectivity index (χ4n) is 4.08. The molecule has 0 aliphatic carbocycles. The number of nitrogens with zero attached hydrogens (tertiary/aromatic N) is 1. The lowest BCUT2D eigenvalue weighted by molar-refractivity contribution is -0.131. The van der Waals surface area contributed by atoms with Crippen LogP contribution in [0, 0.1) is 0 Å². The molecule has 0 bridgehead atoms. The Labute approximate surface area is 194 Å². The molecule has 2 aliphatic rings. The fraction of sp³-hybridized carbons (Fsp3) is 0.480. The van der Waals surface area contributed by atoms with Crippen molar-refractivity contribution in [2.45, 2.75) is 38.0 Å². The molecule has 178 valence electrons. The highest BCUT2D eigenvalue weighted by atomic mass is 16.6. The van der Waals surface area contributed by atoms with Crippen LogP contribution in [-0.4, -0.2) is 68.2 Å². The summed E-state index contributed by atoms with van der Waals surface area (Å²) in [5, 5.41) is 13.1. The van der Waals surface area contributed by atoms with E-state index >= 15 is 0 Å². The van der Waals surface area contributed by atoms with Gasteiger partial charge in [0.1, 0.15) is 30.9 Å². The van der Waals surface area contributed by atoms with Crippen LogP contribution in [0.5, 0.6) is 23.0 Å². The van der Waals surface area contributed by atoms with E-state index in [9.17, 15) is 9.90 Å². The number of methoxy groups -OCH3 is 1. The first kappa shape index (κ1) is 23.2. The molecule has 1 unspecified atom stereocenters. The monoisotopic (exact) mass is 456 g/mol. The SMILES string of the molecule is COc1ccc(OC(Cc2ccc3c(c2)OCCO3)C(=O)N[C@H](O)CCN2CCCC2)cc1. The van der Waals surface area contributed by atoms with Crippen molar-refractivity contribution < 1.29 is 28.8 Å². The highest BCUT2D eigenvalue weighted by Gasteiger charge is 2.25. The normalized spacial score (nSPS) is 17.3. The van der Waals surface area contributed by atoms with Crippen molar-refractivity contribution in [1.29, 1.82) is 0 Å². The van der Waals surface area contributed by atoms with Crippen molar-refractivity contribution in [3.05, 3.63) is 48.0 Å². The minimum absolute atomic E-state index is 0.313. The Bertz CT molecular complexity index is 914. The van der Waals surface area contributed by atoms with Gasteiger partial charge >= 0.3 is 0 Å². The first-order valence-corrected chi connectivity index (χ1v) is 11.5. The van der Waals surface area contributed by atoms with Gasteiger partial charge in [0.15, 0.2) is 17.6 Å². The zero-order valence-corrected chi connectivity index (χ0v) is 19.0. The van der Waals surface area contributed by atoms with Crippen LogP contribution in [0.3, 0.4) is 0 Å². The van der Waals surface area contributed by atoms with E-state index in [2.05, 4.69) is 10.2 Å². The second kappa shape index (κ2) is 11.2. The van der Waals surface area contributed by atoms with Crippen molar-refractivity contribution in [1.82, 2.24) is 10.2 Å². The summed E-state index contributed by atoms with van der Waals surface area (Å²) in [6.45, 7) is 3.87. The van der Waals surface area contributed by atoms with Crippen LogP contribution >= 0.6 is 0 Å². The molecule has 0 saturated carbocycles. The highest BCUT2D eigenvalue weighted by Crippen LogP contribution is 2.31. The summed E-state index contributed by atoms with van der Waals surface area (Å²) in [4.78, 5) is 15.4. The quantitative estimate of drug-likeness (QED) is 0.531. The number of hydrogen-bond acceptors (Lipinski definition) is 7. The number of amides is 1. The molecule has 4 rings (SSSR count). The predicted octanol–water partition coefficient (Wildman–Crippen LogP) is 2.38. The number of benzene rings is 2. The van der Waals surface area contributed by atoms with E-state index < -0.39 is 12.3 Å². The summed E-state index contributed by atoms with van der Waals surface area (Å²) >= 11 is 0. The molecular formula is C25H32N2O6. The molecule has 0 spiro atoms. The maximum Gasteiger partial charge on any atom is 0.263 e. The van der Waals surface area contributed by atoms with E-state index in [1.807, 2.05) is 18.2 Å². The van der Waals surface area contributed by atoms with Crippen molar-refractivity contribution in [2.75, 3.05) is 40.0 Å². The molecular weight excluding hydrogens is 424 g/mol. The minimum atomic E-state index is -0.930. The number of nitrogens with one attached hydrogen (secondary N) is 1. The highest BCUT2D eigenvalue weighted by molar-refractivity contribution is 5.81. The summed E-state index contributed by atoms with van der Waals surface area (Å²) in [6.07, 6.45) is 1.41. The lowest BCUT2D eigenvalue weighted by Gasteiger charge is -2.23. The first-order chi connectivity index (χ1) is 16.1. The van der Waals surface area contributed by atoms with E-state index in [0.29, 0.717) is 49.1 Å². The van der Waals surface area contributed by atoms with Gasteiger partial charge in [-0.3, -0.25) is 4.79 Å². The fourth-order valence-corrected chi connectivity index (χ4v) is 4.08. The van der Waals surface area contributed by atoms with Gasteiger partial charge in [-0.25, -0.2) is 0 Å². The largest absolute Gasteiger partial charge is 0.497 e. The zero-order valence-electron chi connectivity index (χ0n) is 19.0. The molecule has 1 fully saturated rings. The lowest BCUT2D eigenvalue weighted by atomic mass is 10.1. The third-order valence-corrected chi connectivity index (χ3v) is 5.88. The van der Waals surface area contributed by atoms with Crippen molar-refractivity contribution in [3.8, 4) is 23.0 Å². The van der Waals surface area contributed by atoms with Gasteiger partial charge in [-0.1, -0.05) is 6.07 Å². The third-order valence-electron chi connectivity index (χ3n) is 5.88. The molecule has 8 heteroatoms. The molecule has 1 saturated heterocycles.